The van der Waals surface area contributed by atoms with Crippen LogP contribution in [-0.4, -0.2) is 32.4 Å². The van der Waals surface area contributed by atoms with Crippen LogP contribution in [0.25, 0.3) is 4.96 Å². The largest absolute Gasteiger partial charge is 0.480 e. The zero-order valence-corrected chi connectivity index (χ0v) is 12.4. The molecule has 2 rings (SSSR count). The molecular weight excluding hydrogens is 278 g/mol. The van der Waals surface area contributed by atoms with E-state index in [1.54, 1.807) is 27.0 Å². The van der Waals surface area contributed by atoms with Crippen molar-refractivity contribution in [2.45, 2.75) is 33.2 Å². The molecule has 20 heavy (non-hydrogen) atoms. The van der Waals surface area contributed by atoms with Crippen LogP contribution < -0.4 is 5.32 Å². The number of aliphatic carboxylic acids is 1. The summed E-state index contributed by atoms with van der Waals surface area (Å²) in [6.07, 6.45) is 3.72. The van der Waals surface area contributed by atoms with Gasteiger partial charge in [0.15, 0.2) is 4.96 Å². The van der Waals surface area contributed by atoms with Crippen molar-refractivity contribution in [1.82, 2.24) is 14.7 Å². The van der Waals surface area contributed by atoms with Crippen LogP contribution >= 0.6 is 11.3 Å². The summed E-state index contributed by atoms with van der Waals surface area (Å²) in [4.78, 5) is 28.3. The zero-order valence-electron chi connectivity index (χ0n) is 11.6. The maximum atomic E-state index is 12.0. The summed E-state index contributed by atoms with van der Waals surface area (Å²) in [5.41, 5.74) is 0.0863. The molecule has 2 aromatic heterocycles. The van der Waals surface area contributed by atoms with Crippen LogP contribution in [0, 0.1) is 5.41 Å². The number of carboxylic acids is 1. The minimum absolute atomic E-state index is 0.0776. The molecule has 1 atom stereocenters. The van der Waals surface area contributed by atoms with Crippen molar-refractivity contribution < 1.29 is 14.7 Å². The molecule has 2 heterocycles. The minimum atomic E-state index is -1.03. The molecule has 0 aliphatic carbocycles. The monoisotopic (exact) mass is 295 g/mol. The number of carboxylic acid groups (broad SMARTS) is 1. The van der Waals surface area contributed by atoms with Crippen LogP contribution in [0.4, 0.5) is 0 Å². The van der Waals surface area contributed by atoms with E-state index in [-0.39, 0.29) is 12.3 Å². The van der Waals surface area contributed by atoms with Gasteiger partial charge in [0.05, 0.1) is 12.1 Å². The number of carbonyl (C=O) groups excluding carboxylic acids is 1. The van der Waals surface area contributed by atoms with Gasteiger partial charge in [0, 0.05) is 17.8 Å². The lowest BCUT2D eigenvalue weighted by molar-refractivity contribution is -0.144. The Balaban J connectivity index is 2.04. The minimum Gasteiger partial charge on any atom is -0.480 e. The van der Waals surface area contributed by atoms with E-state index in [0.29, 0.717) is 5.69 Å². The molecule has 7 heteroatoms. The Morgan fingerprint density at radius 2 is 2.20 bits per heavy atom. The van der Waals surface area contributed by atoms with Gasteiger partial charge < -0.3 is 10.4 Å². The molecule has 0 aliphatic heterocycles. The number of carbonyl (C=O) groups is 2. The third-order valence-electron chi connectivity index (χ3n) is 2.90. The number of imidazole rings is 1. The lowest BCUT2D eigenvalue weighted by Crippen LogP contribution is -2.49. The van der Waals surface area contributed by atoms with Gasteiger partial charge in [-0.05, 0) is 5.41 Å². The summed E-state index contributed by atoms with van der Waals surface area (Å²) in [6.45, 7) is 5.33. The maximum absolute atomic E-state index is 12.0. The summed E-state index contributed by atoms with van der Waals surface area (Å²) < 4.78 is 1.84. The number of hydrogen-bond donors (Lipinski definition) is 2. The fourth-order valence-electron chi connectivity index (χ4n) is 1.89. The number of fused-ring (bicyclic) bond motifs is 1. The molecule has 1 amide bonds. The van der Waals surface area contributed by atoms with E-state index in [1.165, 1.54) is 11.3 Å². The predicted octanol–water partition coefficient (Wildman–Crippen LogP) is 1.55. The van der Waals surface area contributed by atoms with Gasteiger partial charge in [-0.15, -0.1) is 11.3 Å². The van der Waals surface area contributed by atoms with Crippen molar-refractivity contribution in [1.29, 1.82) is 0 Å². The number of amides is 1. The Labute approximate surface area is 120 Å². The fraction of sp³-hybridized carbons (Fsp3) is 0.462. The van der Waals surface area contributed by atoms with Crippen LogP contribution in [0.15, 0.2) is 17.8 Å². The van der Waals surface area contributed by atoms with E-state index in [1.807, 2.05) is 16.0 Å². The number of nitrogens with zero attached hydrogens (tertiary/aromatic N) is 2. The van der Waals surface area contributed by atoms with Gasteiger partial charge in [-0.25, -0.2) is 9.78 Å². The van der Waals surface area contributed by atoms with Gasteiger partial charge >= 0.3 is 5.97 Å². The molecular formula is C13H17N3O3S. The normalized spacial score (nSPS) is 13.3. The average Bonchev–Trinajstić information content (AvgIpc) is 2.84. The van der Waals surface area contributed by atoms with E-state index in [4.69, 9.17) is 0 Å². The lowest BCUT2D eigenvalue weighted by Gasteiger charge is -2.27. The summed E-state index contributed by atoms with van der Waals surface area (Å²) in [7, 11) is 0. The van der Waals surface area contributed by atoms with Gasteiger partial charge in [-0.2, -0.15) is 0 Å². The number of nitrogens with one attached hydrogen (secondary N) is 1. The smallest absolute Gasteiger partial charge is 0.326 e. The van der Waals surface area contributed by atoms with Crippen LogP contribution in [0.2, 0.25) is 0 Å². The Bertz CT molecular complexity index is 610. The summed E-state index contributed by atoms with van der Waals surface area (Å²) in [6, 6.07) is -0.918. The van der Waals surface area contributed by atoms with Gasteiger partial charge in [0.25, 0.3) is 0 Å². The molecule has 108 valence electrons. The van der Waals surface area contributed by atoms with Crippen LogP contribution in [0.1, 0.15) is 26.5 Å². The van der Waals surface area contributed by atoms with E-state index in [0.717, 1.165) is 4.96 Å². The molecule has 0 saturated carbocycles. The van der Waals surface area contributed by atoms with Crippen LogP contribution in [0.5, 0.6) is 0 Å². The number of aromatic nitrogens is 2. The second-order valence-electron chi connectivity index (χ2n) is 5.71. The summed E-state index contributed by atoms with van der Waals surface area (Å²) >= 11 is 1.48. The first-order valence-corrected chi connectivity index (χ1v) is 7.08. The summed E-state index contributed by atoms with van der Waals surface area (Å²) in [5, 5.41) is 13.6. The number of hydrogen-bond acceptors (Lipinski definition) is 4. The molecule has 0 bridgehead atoms. The molecule has 0 aliphatic rings. The van der Waals surface area contributed by atoms with E-state index in [2.05, 4.69) is 10.3 Å². The molecule has 2 aromatic rings. The zero-order chi connectivity index (χ0) is 14.9. The molecule has 2 N–H and O–H groups in total. The lowest BCUT2D eigenvalue weighted by atomic mass is 9.86. The third kappa shape index (κ3) is 3.16. The van der Waals surface area contributed by atoms with Crippen LogP contribution in [0.3, 0.4) is 0 Å². The van der Waals surface area contributed by atoms with Crippen molar-refractivity contribution in [2.24, 2.45) is 5.41 Å². The quantitative estimate of drug-likeness (QED) is 0.896. The van der Waals surface area contributed by atoms with Crippen molar-refractivity contribution >= 4 is 28.2 Å². The molecule has 0 radical (unpaired) electrons. The standard InChI is InChI=1S/C13H17N3O3S/c1-13(2,3)10(11(18)19)15-9(17)6-8-7-16-4-5-20-12(16)14-8/h4-5,7,10H,6H2,1-3H3,(H,15,17)(H,18,19). The third-order valence-corrected chi connectivity index (χ3v) is 3.67. The Hall–Kier alpha value is -1.89. The van der Waals surface area contributed by atoms with Crippen molar-refractivity contribution in [3.63, 3.8) is 0 Å². The Morgan fingerprint density at radius 1 is 1.50 bits per heavy atom. The number of thiazole rings is 1. The van der Waals surface area contributed by atoms with Crippen molar-refractivity contribution in [3.05, 3.63) is 23.5 Å². The number of rotatable bonds is 4. The SMILES string of the molecule is CC(C)(C)C(NC(=O)Cc1cn2ccsc2n1)C(=O)O. The molecule has 0 aromatic carbocycles. The highest BCUT2D eigenvalue weighted by Gasteiger charge is 2.32. The Morgan fingerprint density at radius 3 is 2.75 bits per heavy atom. The molecule has 0 spiro atoms. The van der Waals surface area contributed by atoms with E-state index in [9.17, 15) is 14.7 Å². The highest BCUT2D eigenvalue weighted by Crippen LogP contribution is 2.19. The van der Waals surface area contributed by atoms with Gasteiger partial charge in [-0.1, -0.05) is 20.8 Å². The highest BCUT2D eigenvalue weighted by atomic mass is 32.1. The second kappa shape index (κ2) is 5.24. The van der Waals surface area contributed by atoms with E-state index < -0.39 is 17.4 Å². The molecule has 1 unspecified atom stereocenters. The topological polar surface area (TPSA) is 83.7 Å². The first kappa shape index (κ1) is 14.5. The van der Waals surface area contributed by atoms with Gasteiger partial charge in [0.2, 0.25) is 5.91 Å². The highest BCUT2D eigenvalue weighted by molar-refractivity contribution is 7.15. The molecule has 0 saturated heterocycles. The fourth-order valence-corrected chi connectivity index (χ4v) is 2.61. The van der Waals surface area contributed by atoms with Crippen molar-refractivity contribution in [3.8, 4) is 0 Å². The second-order valence-corrected chi connectivity index (χ2v) is 6.58. The van der Waals surface area contributed by atoms with Crippen LogP contribution in [-0.2, 0) is 16.0 Å². The molecule has 6 nitrogen and oxygen atoms in total. The maximum Gasteiger partial charge on any atom is 0.326 e. The molecule has 0 fully saturated rings. The first-order chi connectivity index (χ1) is 9.27. The summed E-state index contributed by atoms with van der Waals surface area (Å²) in [5.74, 6) is -1.37. The first-order valence-electron chi connectivity index (χ1n) is 6.20. The van der Waals surface area contributed by atoms with Gasteiger partial charge in [-0.3, -0.25) is 9.20 Å². The Kier molecular flexibility index (Phi) is 3.80. The predicted molar refractivity (Wildman–Crippen MR) is 75.8 cm³/mol. The average molecular weight is 295 g/mol. The van der Waals surface area contributed by atoms with E-state index >= 15 is 0 Å². The van der Waals surface area contributed by atoms with Gasteiger partial charge in [0.1, 0.15) is 6.04 Å². The van der Waals surface area contributed by atoms with Crippen molar-refractivity contribution in [2.75, 3.05) is 0 Å².